The van der Waals surface area contributed by atoms with Crippen LogP contribution in [0.1, 0.15) is 34.1 Å². The highest BCUT2D eigenvalue weighted by Gasteiger charge is 2.26. The highest BCUT2D eigenvalue weighted by Crippen LogP contribution is 2.21. The van der Waals surface area contributed by atoms with Crippen molar-refractivity contribution in [2.24, 2.45) is 17.1 Å². The van der Waals surface area contributed by atoms with Crippen LogP contribution in [0.3, 0.4) is 0 Å². The first-order chi connectivity index (χ1) is 6.82. The van der Waals surface area contributed by atoms with E-state index in [9.17, 15) is 4.79 Å². The van der Waals surface area contributed by atoms with Crippen LogP contribution in [-0.4, -0.2) is 30.2 Å². The fraction of sp³-hybridized carbons (Fsp3) is 0.909. The Kier molecular flexibility index (Phi) is 5.83. The average Bonchev–Trinajstić information content (AvgIpc) is 2.14. The van der Waals surface area contributed by atoms with Gasteiger partial charge >= 0.3 is 0 Å². The van der Waals surface area contributed by atoms with Crippen LogP contribution < -0.4 is 11.1 Å². The molecule has 0 aliphatic rings. The van der Waals surface area contributed by atoms with Gasteiger partial charge in [0.1, 0.15) is 0 Å². The third kappa shape index (κ3) is 5.14. The Morgan fingerprint density at radius 1 is 1.47 bits per heavy atom. The SMILES string of the molecule is CC(CN)C(=O)NC(CCO)C(C)(C)C. The van der Waals surface area contributed by atoms with Crippen molar-refractivity contribution in [1.82, 2.24) is 5.32 Å². The quantitative estimate of drug-likeness (QED) is 0.626. The van der Waals surface area contributed by atoms with Crippen LogP contribution in [-0.2, 0) is 4.79 Å². The number of nitrogens with two attached hydrogens (primary N) is 1. The number of nitrogens with one attached hydrogen (secondary N) is 1. The third-order valence-corrected chi connectivity index (χ3v) is 2.58. The predicted molar refractivity (Wildman–Crippen MR) is 61.3 cm³/mol. The molecule has 0 spiro atoms. The van der Waals surface area contributed by atoms with Crippen LogP contribution in [0, 0.1) is 11.3 Å². The van der Waals surface area contributed by atoms with Crippen molar-refractivity contribution in [3.8, 4) is 0 Å². The minimum absolute atomic E-state index is 0.0102. The van der Waals surface area contributed by atoms with Gasteiger partial charge in [0, 0.05) is 25.1 Å². The van der Waals surface area contributed by atoms with Gasteiger partial charge in [-0.15, -0.1) is 0 Å². The number of amides is 1. The molecule has 0 bridgehead atoms. The van der Waals surface area contributed by atoms with E-state index in [0.717, 1.165) is 0 Å². The summed E-state index contributed by atoms with van der Waals surface area (Å²) in [6, 6.07) is -0.0102. The Labute approximate surface area is 92.2 Å². The second kappa shape index (κ2) is 6.08. The van der Waals surface area contributed by atoms with Gasteiger partial charge in [-0.25, -0.2) is 0 Å². The van der Waals surface area contributed by atoms with Crippen LogP contribution in [0.25, 0.3) is 0 Å². The number of hydrogen-bond donors (Lipinski definition) is 3. The molecule has 90 valence electrons. The van der Waals surface area contributed by atoms with Crippen LogP contribution in [0.15, 0.2) is 0 Å². The third-order valence-electron chi connectivity index (χ3n) is 2.58. The second-order valence-electron chi connectivity index (χ2n) is 5.08. The number of rotatable bonds is 5. The molecule has 0 aromatic carbocycles. The zero-order chi connectivity index (χ0) is 12.1. The van der Waals surface area contributed by atoms with Gasteiger partial charge in [0.25, 0.3) is 0 Å². The van der Waals surface area contributed by atoms with E-state index >= 15 is 0 Å². The highest BCUT2D eigenvalue weighted by atomic mass is 16.3. The predicted octanol–water partition coefficient (Wildman–Crippen LogP) is 0.495. The van der Waals surface area contributed by atoms with E-state index in [1.165, 1.54) is 0 Å². The summed E-state index contributed by atoms with van der Waals surface area (Å²) < 4.78 is 0. The molecule has 4 N–H and O–H groups in total. The molecule has 0 aromatic rings. The number of carbonyl (C=O) groups is 1. The summed E-state index contributed by atoms with van der Waals surface area (Å²) in [6.45, 7) is 8.36. The van der Waals surface area contributed by atoms with Crippen LogP contribution in [0.5, 0.6) is 0 Å². The molecule has 0 aromatic heterocycles. The molecular weight excluding hydrogens is 192 g/mol. The Balaban J connectivity index is 4.35. The first-order valence-corrected chi connectivity index (χ1v) is 5.44. The zero-order valence-corrected chi connectivity index (χ0v) is 10.2. The Bertz CT molecular complexity index is 199. The van der Waals surface area contributed by atoms with Crippen molar-refractivity contribution in [2.45, 2.75) is 40.2 Å². The molecule has 0 rings (SSSR count). The second-order valence-corrected chi connectivity index (χ2v) is 5.08. The van der Waals surface area contributed by atoms with E-state index in [1.807, 2.05) is 20.8 Å². The molecule has 15 heavy (non-hydrogen) atoms. The molecule has 0 saturated carbocycles. The van der Waals surface area contributed by atoms with Crippen molar-refractivity contribution < 1.29 is 9.90 Å². The smallest absolute Gasteiger partial charge is 0.224 e. The standard InChI is InChI=1S/C11H24N2O2/c1-8(7-12)10(15)13-9(5-6-14)11(2,3)4/h8-9,14H,5-7,12H2,1-4H3,(H,13,15). The van der Waals surface area contributed by atoms with Crippen molar-refractivity contribution >= 4 is 5.91 Å². The minimum Gasteiger partial charge on any atom is -0.396 e. The van der Waals surface area contributed by atoms with Crippen molar-refractivity contribution in [2.75, 3.05) is 13.2 Å². The molecule has 0 saturated heterocycles. The normalized spacial score (nSPS) is 15.9. The maximum absolute atomic E-state index is 11.6. The van der Waals surface area contributed by atoms with Gasteiger partial charge in [-0.2, -0.15) is 0 Å². The molecule has 0 aliphatic heterocycles. The Hall–Kier alpha value is -0.610. The lowest BCUT2D eigenvalue weighted by Gasteiger charge is -2.32. The lowest BCUT2D eigenvalue weighted by atomic mass is 9.84. The number of carbonyl (C=O) groups excluding carboxylic acids is 1. The molecule has 4 nitrogen and oxygen atoms in total. The van der Waals surface area contributed by atoms with Gasteiger partial charge < -0.3 is 16.2 Å². The summed E-state index contributed by atoms with van der Waals surface area (Å²) in [4.78, 5) is 11.6. The first-order valence-electron chi connectivity index (χ1n) is 5.44. The lowest BCUT2D eigenvalue weighted by Crippen LogP contribution is -2.47. The molecule has 2 atom stereocenters. The van der Waals surface area contributed by atoms with Crippen molar-refractivity contribution in [3.05, 3.63) is 0 Å². The fourth-order valence-corrected chi connectivity index (χ4v) is 1.27. The van der Waals surface area contributed by atoms with Crippen molar-refractivity contribution in [1.29, 1.82) is 0 Å². The molecule has 0 heterocycles. The summed E-state index contributed by atoms with van der Waals surface area (Å²) >= 11 is 0. The van der Waals surface area contributed by atoms with Crippen molar-refractivity contribution in [3.63, 3.8) is 0 Å². The summed E-state index contributed by atoms with van der Waals surface area (Å²) in [7, 11) is 0. The monoisotopic (exact) mass is 216 g/mol. The first kappa shape index (κ1) is 14.4. The molecule has 0 aliphatic carbocycles. The van der Waals surface area contributed by atoms with Crippen LogP contribution in [0.4, 0.5) is 0 Å². The van der Waals surface area contributed by atoms with Gasteiger partial charge in [-0.1, -0.05) is 27.7 Å². The molecule has 2 unspecified atom stereocenters. The van der Waals surface area contributed by atoms with E-state index in [0.29, 0.717) is 13.0 Å². The average molecular weight is 216 g/mol. The zero-order valence-electron chi connectivity index (χ0n) is 10.2. The maximum atomic E-state index is 11.6. The molecular formula is C11H24N2O2. The van der Waals surface area contributed by atoms with Gasteiger partial charge in [0.15, 0.2) is 0 Å². The summed E-state index contributed by atoms with van der Waals surface area (Å²) in [5.41, 5.74) is 5.37. The van der Waals surface area contributed by atoms with Gasteiger partial charge in [-0.05, 0) is 11.8 Å². The van der Waals surface area contributed by atoms with Gasteiger partial charge in [-0.3, -0.25) is 4.79 Å². The van der Waals surface area contributed by atoms with E-state index in [1.54, 1.807) is 6.92 Å². The van der Waals surface area contributed by atoms with Gasteiger partial charge in [0.2, 0.25) is 5.91 Å². The van der Waals surface area contributed by atoms with Gasteiger partial charge in [0.05, 0.1) is 0 Å². The van der Waals surface area contributed by atoms with Crippen LogP contribution >= 0.6 is 0 Å². The number of aliphatic hydroxyl groups excluding tert-OH is 1. The van der Waals surface area contributed by atoms with Crippen LogP contribution in [0.2, 0.25) is 0 Å². The number of hydrogen-bond acceptors (Lipinski definition) is 3. The minimum atomic E-state index is -0.173. The summed E-state index contributed by atoms with van der Waals surface area (Å²) in [5.74, 6) is -0.209. The lowest BCUT2D eigenvalue weighted by molar-refractivity contribution is -0.125. The largest absolute Gasteiger partial charge is 0.396 e. The molecule has 4 heteroatoms. The fourth-order valence-electron chi connectivity index (χ4n) is 1.27. The van der Waals surface area contributed by atoms with E-state index in [2.05, 4.69) is 5.32 Å². The molecule has 0 fully saturated rings. The van der Waals surface area contributed by atoms with E-state index in [-0.39, 0.29) is 29.9 Å². The molecule has 1 amide bonds. The Morgan fingerprint density at radius 3 is 2.33 bits per heavy atom. The summed E-state index contributed by atoms with van der Waals surface area (Å²) in [5, 5.41) is 11.9. The van der Waals surface area contributed by atoms with E-state index in [4.69, 9.17) is 10.8 Å². The topological polar surface area (TPSA) is 75.4 Å². The highest BCUT2D eigenvalue weighted by molar-refractivity contribution is 5.78. The Morgan fingerprint density at radius 2 is 2.00 bits per heavy atom. The van der Waals surface area contributed by atoms with E-state index < -0.39 is 0 Å². The maximum Gasteiger partial charge on any atom is 0.224 e. The number of aliphatic hydroxyl groups is 1. The molecule has 0 radical (unpaired) electrons. The summed E-state index contributed by atoms with van der Waals surface area (Å²) in [6.07, 6.45) is 0.576.